The largest absolute Gasteiger partial charge is 0.344 e. The van der Waals surface area contributed by atoms with Crippen LogP contribution in [-0.2, 0) is 9.59 Å². The zero-order valence-electron chi connectivity index (χ0n) is 11.7. The van der Waals surface area contributed by atoms with Crippen LogP contribution in [0.5, 0.6) is 0 Å². The zero-order chi connectivity index (χ0) is 13.7. The summed E-state index contributed by atoms with van der Waals surface area (Å²) in [4.78, 5) is 25.9. The molecule has 2 amide bonds. The Morgan fingerprint density at radius 3 is 2.61 bits per heavy atom. The van der Waals surface area contributed by atoms with Gasteiger partial charge in [0.25, 0.3) is 0 Å². The first kappa shape index (κ1) is 15.3. The summed E-state index contributed by atoms with van der Waals surface area (Å²) in [6.45, 7) is 8.66. The van der Waals surface area contributed by atoms with Crippen molar-refractivity contribution in [1.82, 2.24) is 10.2 Å². The minimum Gasteiger partial charge on any atom is -0.344 e. The lowest BCUT2D eigenvalue weighted by Crippen LogP contribution is -2.50. The summed E-state index contributed by atoms with van der Waals surface area (Å²) in [5.74, 6) is 2.17. The average Bonchev–Trinajstić information content (AvgIpc) is 2.46. The number of hydrogen-bond donors (Lipinski definition) is 1. The van der Waals surface area contributed by atoms with Crippen molar-refractivity contribution < 1.29 is 9.59 Å². The first-order chi connectivity index (χ1) is 8.47. The number of nitrogens with zero attached hydrogens (tertiary/aromatic N) is 1. The van der Waals surface area contributed by atoms with E-state index in [0.717, 1.165) is 11.5 Å². The second-order valence-electron chi connectivity index (χ2n) is 5.08. The molecule has 1 N–H and O–H groups in total. The molecule has 0 aliphatic carbocycles. The van der Waals surface area contributed by atoms with E-state index in [1.807, 2.05) is 30.5 Å². The first-order valence-electron chi connectivity index (χ1n) is 6.65. The fourth-order valence-corrected chi connectivity index (χ4v) is 2.84. The van der Waals surface area contributed by atoms with Gasteiger partial charge < -0.3 is 10.2 Å². The maximum atomic E-state index is 12.4. The quantitative estimate of drug-likeness (QED) is 0.825. The predicted octanol–water partition coefficient (Wildman–Crippen LogP) is 1.50. The molecule has 1 rings (SSSR count). The van der Waals surface area contributed by atoms with Gasteiger partial charge in [-0.2, -0.15) is 11.8 Å². The van der Waals surface area contributed by atoms with Crippen molar-refractivity contribution in [2.24, 2.45) is 5.92 Å². The van der Waals surface area contributed by atoms with Crippen LogP contribution in [-0.4, -0.2) is 46.8 Å². The minimum absolute atomic E-state index is 0.0140. The number of thioether (sulfide) groups is 1. The van der Waals surface area contributed by atoms with E-state index < -0.39 is 0 Å². The van der Waals surface area contributed by atoms with Gasteiger partial charge in [0.15, 0.2) is 0 Å². The Bertz CT molecular complexity index is 307. The van der Waals surface area contributed by atoms with Crippen molar-refractivity contribution in [2.45, 2.75) is 46.2 Å². The average molecular weight is 272 g/mol. The second-order valence-corrected chi connectivity index (χ2v) is 6.40. The highest BCUT2D eigenvalue weighted by Crippen LogP contribution is 2.16. The molecule has 5 heteroatoms. The Labute approximate surface area is 114 Å². The molecule has 1 aliphatic heterocycles. The van der Waals surface area contributed by atoms with Crippen LogP contribution in [0.2, 0.25) is 0 Å². The van der Waals surface area contributed by atoms with Crippen LogP contribution in [0.4, 0.5) is 0 Å². The number of carbonyl (C=O) groups excluding carboxylic acids is 2. The third-order valence-corrected chi connectivity index (χ3v) is 4.33. The zero-order valence-corrected chi connectivity index (χ0v) is 12.5. The number of rotatable bonds is 5. The van der Waals surface area contributed by atoms with Gasteiger partial charge >= 0.3 is 0 Å². The Hall–Kier alpha value is -0.710. The van der Waals surface area contributed by atoms with Crippen LogP contribution >= 0.6 is 11.8 Å². The van der Waals surface area contributed by atoms with Gasteiger partial charge in [-0.3, -0.25) is 9.59 Å². The van der Waals surface area contributed by atoms with Crippen LogP contribution in [0.25, 0.3) is 0 Å². The molecule has 1 saturated heterocycles. The van der Waals surface area contributed by atoms with Gasteiger partial charge in [0.05, 0.1) is 0 Å². The summed E-state index contributed by atoms with van der Waals surface area (Å²) in [5, 5.41) is 2.83. The molecule has 0 bridgehead atoms. The van der Waals surface area contributed by atoms with Crippen molar-refractivity contribution in [3.63, 3.8) is 0 Å². The lowest BCUT2D eigenvalue weighted by molar-refractivity contribution is -0.136. The monoisotopic (exact) mass is 272 g/mol. The molecule has 1 heterocycles. The van der Waals surface area contributed by atoms with Gasteiger partial charge in [-0.05, 0) is 18.6 Å². The molecule has 0 aromatic heterocycles. The Balaban J connectivity index is 2.76. The fraction of sp³-hybridized carbons (Fsp3) is 0.846. The van der Waals surface area contributed by atoms with E-state index in [0.29, 0.717) is 13.0 Å². The highest BCUT2D eigenvalue weighted by Gasteiger charge is 2.33. The predicted molar refractivity (Wildman–Crippen MR) is 75.6 cm³/mol. The molecule has 0 aromatic carbocycles. The minimum atomic E-state index is -0.367. The van der Waals surface area contributed by atoms with E-state index >= 15 is 0 Å². The van der Waals surface area contributed by atoms with Crippen LogP contribution in [0.3, 0.4) is 0 Å². The van der Waals surface area contributed by atoms with Gasteiger partial charge in [0.1, 0.15) is 6.04 Å². The third-order valence-electron chi connectivity index (χ3n) is 3.21. The Morgan fingerprint density at radius 2 is 2.06 bits per heavy atom. The van der Waals surface area contributed by atoms with Gasteiger partial charge in [0.2, 0.25) is 11.8 Å². The summed E-state index contributed by atoms with van der Waals surface area (Å²) in [6, 6.07) is -0.175. The van der Waals surface area contributed by atoms with Gasteiger partial charge in [-0.15, -0.1) is 0 Å². The van der Waals surface area contributed by atoms with Crippen molar-refractivity contribution in [2.75, 3.05) is 18.1 Å². The molecule has 4 nitrogen and oxygen atoms in total. The smallest absolute Gasteiger partial charge is 0.245 e. The number of nitrogens with one attached hydrogen (secondary N) is 1. The maximum Gasteiger partial charge on any atom is 0.245 e. The van der Waals surface area contributed by atoms with Crippen molar-refractivity contribution in [3.8, 4) is 0 Å². The molecule has 0 radical (unpaired) electrons. The number of amides is 2. The topological polar surface area (TPSA) is 49.4 Å². The van der Waals surface area contributed by atoms with Gasteiger partial charge in [0, 0.05) is 24.8 Å². The van der Waals surface area contributed by atoms with Crippen LogP contribution in [0.15, 0.2) is 0 Å². The lowest BCUT2D eigenvalue weighted by Gasteiger charge is -2.31. The van der Waals surface area contributed by atoms with Crippen LogP contribution < -0.4 is 5.32 Å². The number of hydrogen-bond acceptors (Lipinski definition) is 3. The molecule has 0 spiro atoms. The van der Waals surface area contributed by atoms with E-state index in [-0.39, 0.29) is 29.8 Å². The third kappa shape index (κ3) is 3.90. The Morgan fingerprint density at radius 1 is 1.39 bits per heavy atom. The summed E-state index contributed by atoms with van der Waals surface area (Å²) < 4.78 is 0. The summed E-state index contributed by atoms with van der Waals surface area (Å²) in [6.07, 6.45) is 0.413. The van der Waals surface area contributed by atoms with Crippen molar-refractivity contribution in [1.29, 1.82) is 0 Å². The van der Waals surface area contributed by atoms with Crippen LogP contribution in [0.1, 0.15) is 34.1 Å². The fourth-order valence-electron chi connectivity index (χ4n) is 2.09. The molecule has 104 valence electrons. The van der Waals surface area contributed by atoms with Gasteiger partial charge in [-0.25, -0.2) is 0 Å². The van der Waals surface area contributed by atoms with E-state index in [9.17, 15) is 9.59 Å². The van der Waals surface area contributed by atoms with E-state index in [2.05, 4.69) is 19.2 Å². The van der Waals surface area contributed by atoms with Crippen LogP contribution in [0, 0.1) is 5.92 Å². The molecule has 0 saturated carbocycles. The summed E-state index contributed by atoms with van der Waals surface area (Å²) in [7, 11) is 0. The molecule has 0 aromatic rings. The SMILES string of the molecule is CCSCC(C)N1CCC(=O)NC(C(C)C)C1=O. The molecule has 1 fully saturated rings. The highest BCUT2D eigenvalue weighted by molar-refractivity contribution is 7.99. The number of carbonyl (C=O) groups is 2. The summed E-state index contributed by atoms with van der Waals surface area (Å²) in [5.41, 5.74) is 0. The van der Waals surface area contributed by atoms with Crippen molar-refractivity contribution >= 4 is 23.6 Å². The molecule has 18 heavy (non-hydrogen) atoms. The molecule has 2 atom stereocenters. The molecular weight excluding hydrogens is 248 g/mol. The second kappa shape index (κ2) is 7.02. The first-order valence-corrected chi connectivity index (χ1v) is 7.80. The van der Waals surface area contributed by atoms with Gasteiger partial charge in [-0.1, -0.05) is 20.8 Å². The molecular formula is C13H24N2O2S. The van der Waals surface area contributed by atoms with E-state index in [1.54, 1.807) is 0 Å². The van der Waals surface area contributed by atoms with E-state index in [1.165, 1.54) is 0 Å². The standard InChI is InChI=1S/C13H24N2O2S/c1-5-18-8-10(4)15-7-6-11(16)14-12(9(2)3)13(15)17/h9-10,12H,5-8H2,1-4H3,(H,14,16). The summed E-state index contributed by atoms with van der Waals surface area (Å²) >= 11 is 1.83. The molecule has 2 unspecified atom stereocenters. The Kier molecular flexibility index (Phi) is 5.99. The normalized spacial score (nSPS) is 22.9. The van der Waals surface area contributed by atoms with Crippen molar-refractivity contribution in [3.05, 3.63) is 0 Å². The van der Waals surface area contributed by atoms with E-state index in [4.69, 9.17) is 0 Å². The maximum absolute atomic E-state index is 12.4. The highest BCUT2D eigenvalue weighted by atomic mass is 32.2. The lowest BCUT2D eigenvalue weighted by atomic mass is 10.0. The molecule has 1 aliphatic rings.